The zero-order valence-corrected chi connectivity index (χ0v) is 16.3. The number of nitrogens with one attached hydrogen (secondary N) is 2. The molecule has 2 N–H and O–H groups in total. The number of para-hydroxylation sites is 1. The van der Waals surface area contributed by atoms with Crippen LogP contribution in [-0.4, -0.2) is 43.5 Å². The summed E-state index contributed by atoms with van der Waals surface area (Å²) >= 11 is 1.15. The second-order valence-corrected chi connectivity index (χ2v) is 7.09. The number of urea groups is 1. The van der Waals surface area contributed by atoms with E-state index in [1.165, 1.54) is 0 Å². The molecule has 9 heteroatoms. The molecular weight excluding hydrogens is 364 g/mol. The van der Waals surface area contributed by atoms with Crippen LogP contribution in [0.5, 0.6) is 0 Å². The molecule has 2 aromatic heterocycles. The third-order valence-corrected chi connectivity index (χ3v) is 5.08. The van der Waals surface area contributed by atoms with Crippen molar-refractivity contribution in [3.05, 3.63) is 24.3 Å². The van der Waals surface area contributed by atoms with E-state index in [1.807, 2.05) is 45.0 Å². The summed E-state index contributed by atoms with van der Waals surface area (Å²) in [6.45, 7) is 6.63. The van der Waals surface area contributed by atoms with Crippen LogP contribution in [0.1, 0.15) is 27.2 Å². The monoisotopic (exact) mass is 386 g/mol. The summed E-state index contributed by atoms with van der Waals surface area (Å²) in [4.78, 5) is 28.2. The molecule has 0 saturated carbocycles. The molecule has 1 atom stereocenters. The SMILES string of the molecule is CC[C@H](C)NC(=O)NC(=O)CSc1nnc2c3ccccc3n(CC)c2n1. The number of imide groups is 1. The van der Waals surface area contributed by atoms with Gasteiger partial charge in [-0.2, -0.15) is 0 Å². The van der Waals surface area contributed by atoms with Crippen molar-refractivity contribution in [1.82, 2.24) is 30.4 Å². The van der Waals surface area contributed by atoms with Gasteiger partial charge in [-0.1, -0.05) is 36.9 Å². The Morgan fingerprint density at radius 2 is 2.00 bits per heavy atom. The van der Waals surface area contributed by atoms with E-state index >= 15 is 0 Å². The molecule has 0 fully saturated rings. The lowest BCUT2D eigenvalue weighted by atomic mass is 10.2. The lowest BCUT2D eigenvalue weighted by molar-refractivity contribution is -0.117. The van der Waals surface area contributed by atoms with Crippen molar-refractivity contribution >= 4 is 45.8 Å². The van der Waals surface area contributed by atoms with Crippen molar-refractivity contribution in [2.75, 3.05) is 5.75 Å². The maximum absolute atomic E-state index is 12.0. The van der Waals surface area contributed by atoms with Gasteiger partial charge in [-0.05, 0) is 26.3 Å². The fraction of sp³-hybridized carbons (Fsp3) is 0.389. The highest BCUT2D eigenvalue weighted by Crippen LogP contribution is 2.26. The van der Waals surface area contributed by atoms with Gasteiger partial charge in [-0.25, -0.2) is 9.78 Å². The lowest BCUT2D eigenvalue weighted by Gasteiger charge is -2.11. The molecule has 3 amide bonds. The molecule has 0 aliphatic heterocycles. The molecule has 27 heavy (non-hydrogen) atoms. The number of amides is 3. The van der Waals surface area contributed by atoms with E-state index in [4.69, 9.17) is 0 Å². The molecule has 0 aliphatic rings. The number of aromatic nitrogens is 4. The van der Waals surface area contributed by atoms with Crippen molar-refractivity contribution in [3.8, 4) is 0 Å². The smallest absolute Gasteiger partial charge is 0.321 e. The fourth-order valence-electron chi connectivity index (χ4n) is 2.73. The van der Waals surface area contributed by atoms with Gasteiger partial charge in [0.05, 0.1) is 11.3 Å². The fourth-order valence-corrected chi connectivity index (χ4v) is 3.31. The number of hydrogen-bond acceptors (Lipinski definition) is 6. The van der Waals surface area contributed by atoms with Gasteiger partial charge in [0.25, 0.3) is 0 Å². The van der Waals surface area contributed by atoms with Crippen molar-refractivity contribution in [3.63, 3.8) is 0 Å². The summed E-state index contributed by atoms with van der Waals surface area (Å²) in [7, 11) is 0. The molecule has 0 bridgehead atoms. The highest BCUT2D eigenvalue weighted by atomic mass is 32.2. The van der Waals surface area contributed by atoms with E-state index < -0.39 is 11.9 Å². The van der Waals surface area contributed by atoms with Gasteiger partial charge < -0.3 is 9.88 Å². The average molecular weight is 386 g/mol. The van der Waals surface area contributed by atoms with E-state index in [-0.39, 0.29) is 11.8 Å². The highest BCUT2D eigenvalue weighted by molar-refractivity contribution is 7.99. The molecule has 142 valence electrons. The molecule has 0 unspecified atom stereocenters. The number of nitrogens with zero attached hydrogens (tertiary/aromatic N) is 4. The van der Waals surface area contributed by atoms with E-state index in [9.17, 15) is 9.59 Å². The molecule has 0 spiro atoms. The molecule has 8 nitrogen and oxygen atoms in total. The maximum atomic E-state index is 12.0. The summed E-state index contributed by atoms with van der Waals surface area (Å²) < 4.78 is 2.07. The Bertz CT molecular complexity index is 987. The Morgan fingerprint density at radius 1 is 1.22 bits per heavy atom. The molecular formula is C18H22N6O2S. The normalized spacial score (nSPS) is 12.3. The minimum atomic E-state index is -0.490. The van der Waals surface area contributed by atoms with Gasteiger partial charge in [0.2, 0.25) is 11.1 Å². The minimum absolute atomic E-state index is 0.0105. The van der Waals surface area contributed by atoms with Crippen LogP contribution in [0, 0.1) is 0 Å². The van der Waals surface area contributed by atoms with Crippen molar-refractivity contribution in [2.45, 2.75) is 44.9 Å². The summed E-state index contributed by atoms with van der Waals surface area (Å²) in [6.07, 6.45) is 0.793. The van der Waals surface area contributed by atoms with Crippen LogP contribution in [-0.2, 0) is 11.3 Å². The zero-order valence-electron chi connectivity index (χ0n) is 15.5. The van der Waals surface area contributed by atoms with Crippen molar-refractivity contribution < 1.29 is 9.59 Å². The highest BCUT2D eigenvalue weighted by Gasteiger charge is 2.15. The summed E-state index contributed by atoms with van der Waals surface area (Å²) in [5, 5.41) is 14.8. The molecule has 3 rings (SSSR count). The standard InChI is InChI=1S/C18H22N6O2S/c1-4-11(3)19-17(26)20-14(25)10-27-18-21-16-15(22-23-18)12-8-6-7-9-13(12)24(16)5-2/h6-9,11H,4-5,10H2,1-3H3,(H2,19,20,25,26)/t11-/m0/s1. The van der Waals surface area contributed by atoms with Crippen molar-refractivity contribution in [2.24, 2.45) is 0 Å². The number of rotatable bonds is 6. The van der Waals surface area contributed by atoms with E-state index in [2.05, 4.69) is 30.4 Å². The van der Waals surface area contributed by atoms with Crippen LogP contribution in [0.3, 0.4) is 0 Å². The second-order valence-electron chi connectivity index (χ2n) is 6.15. The number of hydrogen-bond donors (Lipinski definition) is 2. The van der Waals surface area contributed by atoms with E-state index in [0.29, 0.717) is 5.16 Å². The molecule has 1 aromatic carbocycles. The third kappa shape index (κ3) is 4.19. The van der Waals surface area contributed by atoms with Gasteiger partial charge in [0.1, 0.15) is 5.52 Å². The number of benzene rings is 1. The van der Waals surface area contributed by atoms with Crippen LogP contribution in [0.25, 0.3) is 22.1 Å². The molecule has 0 radical (unpaired) electrons. The second kappa shape index (κ2) is 8.34. The summed E-state index contributed by atoms with van der Waals surface area (Å²) in [5.41, 5.74) is 2.54. The first-order valence-electron chi connectivity index (χ1n) is 8.88. The molecule has 2 heterocycles. The van der Waals surface area contributed by atoms with Crippen LogP contribution in [0.4, 0.5) is 4.79 Å². The lowest BCUT2D eigenvalue weighted by Crippen LogP contribution is -2.43. The van der Waals surface area contributed by atoms with Crippen LogP contribution < -0.4 is 10.6 Å². The molecule has 3 aromatic rings. The third-order valence-electron chi connectivity index (χ3n) is 4.25. The number of thioether (sulfide) groups is 1. The van der Waals surface area contributed by atoms with Crippen molar-refractivity contribution in [1.29, 1.82) is 0 Å². The Kier molecular flexibility index (Phi) is 5.90. The zero-order chi connectivity index (χ0) is 19.4. The molecule has 0 aliphatic carbocycles. The number of carbonyl (C=O) groups is 2. The molecule has 0 saturated heterocycles. The maximum Gasteiger partial charge on any atom is 0.321 e. The quantitative estimate of drug-likeness (QED) is 0.632. The predicted octanol–water partition coefficient (Wildman–Crippen LogP) is 2.72. The van der Waals surface area contributed by atoms with Gasteiger partial charge in [0.15, 0.2) is 5.65 Å². The Labute approximate surface area is 161 Å². The van der Waals surface area contributed by atoms with Gasteiger partial charge in [0, 0.05) is 18.0 Å². The van der Waals surface area contributed by atoms with E-state index in [0.717, 1.165) is 46.8 Å². The first-order chi connectivity index (χ1) is 13.0. The van der Waals surface area contributed by atoms with Gasteiger partial charge in [-0.15, -0.1) is 10.2 Å². The Morgan fingerprint density at radius 3 is 2.74 bits per heavy atom. The summed E-state index contributed by atoms with van der Waals surface area (Å²) in [5.74, 6) is -0.367. The largest absolute Gasteiger partial charge is 0.335 e. The number of carbonyl (C=O) groups excluding carboxylic acids is 2. The first-order valence-corrected chi connectivity index (χ1v) is 9.86. The average Bonchev–Trinajstić information content (AvgIpc) is 2.99. The topological polar surface area (TPSA) is 102 Å². The predicted molar refractivity (Wildman–Crippen MR) is 106 cm³/mol. The van der Waals surface area contributed by atoms with Crippen LogP contribution in [0.15, 0.2) is 29.4 Å². The number of fused-ring (bicyclic) bond motifs is 3. The number of aryl methyl sites for hydroxylation is 1. The van der Waals surface area contributed by atoms with Crippen LogP contribution >= 0.6 is 11.8 Å². The first kappa shape index (κ1) is 19.1. The summed E-state index contributed by atoms with van der Waals surface area (Å²) in [6, 6.07) is 7.48. The Balaban J connectivity index is 1.72. The Hall–Kier alpha value is -2.68. The van der Waals surface area contributed by atoms with Crippen LogP contribution in [0.2, 0.25) is 0 Å². The minimum Gasteiger partial charge on any atom is -0.335 e. The van der Waals surface area contributed by atoms with E-state index in [1.54, 1.807) is 0 Å². The van der Waals surface area contributed by atoms with Gasteiger partial charge in [-0.3, -0.25) is 10.1 Å². The van der Waals surface area contributed by atoms with Gasteiger partial charge >= 0.3 is 6.03 Å².